The molecule has 0 bridgehead atoms. The first-order valence-electron chi connectivity index (χ1n) is 7.36. The molecule has 7 heteroatoms. The van der Waals surface area contributed by atoms with Gasteiger partial charge < -0.3 is 16.8 Å². The summed E-state index contributed by atoms with van der Waals surface area (Å²) in [6, 6.07) is 3.58. The number of nitrogens with two attached hydrogens (primary N) is 2. The van der Waals surface area contributed by atoms with Crippen molar-refractivity contribution >= 4 is 29.2 Å². The van der Waals surface area contributed by atoms with Gasteiger partial charge in [-0.05, 0) is 13.3 Å². The fourth-order valence-corrected chi connectivity index (χ4v) is 2.83. The van der Waals surface area contributed by atoms with Crippen molar-refractivity contribution in [1.29, 1.82) is 5.26 Å². The van der Waals surface area contributed by atoms with Crippen LogP contribution in [-0.4, -0.2) is 22.7 Å². The van der Waals surface area contributed by atoms with Crippen molar-refractivity contribution in [3.63, 3.8) is 0 Å². The lowest BCUT2D eigenvalue weighted by Crippen LogP contribution is -2.33. The quantitative estimate of drug-likeness (QED) is 0.499. The van der Waals surface area contributed by atoms with E-state index < -0.39 is 0 Å². The molecule has 0 aliphatic carbocycles. The summed E-state index contributed by atoms with van der Waals surface area (Å²) >= 11 is 1.17. The van der Waals surface area contributed by atoms with Crippen LogP contribution in [0.2, 0.25) is 0 Å². The molecule has 0 radical (unpaired) electrons. The zero-order valence-corrected chi connectivity index (χ0v) is 13.9. The molecule has 1 aromatic rings. The summed E-state index contributed by atoms with van der Waals surface area (Å²) in [6.07, 6.45) is 4.41. The molecule has 1 rings (SSSR count). The molecule has 5 N–H and O–H groups in total. The van der Waals surface area contributed by atoms with Gasteiger partial charge in [0.25, 0.3) is 0 Å². The van der Waals surface area contributed by atoms with E-state index in [9.17, 15) is 4.79 Å². The van der Waals surface area contributed by atoms with Crippen molar-refractivity contribution in [3.05, 3.63) is 11.6 Å². The Hall–Kier alpha value is -1.94. The van der Waals surface area contributed by atoms with Gasteiger partial charge in [0.15, 0.2) is 0 Å². The lowest BCUT2D eigenvalue weighted by Gasteiger charge is -2.13. The maximum absolute atomic E-state index is 11.9. The van der Waals surface area contributed by atoms with Gasteiger partial charge in [-0.25, -0.2) is 4.98 Å². The Labute approximate surface area is 135 Å². The van der Waals surface area contributed by atoms with Gasteiger partial charge in [0.1, 0.15) is 22.5 Å². The molecule has 6 nitrogen and oxygen atoms in total. The number of aromatic nitrogens is 1. The zero-order chi connectivity index (χ0) is 16.5. The largest absolute Gasteiger partial charge is 0.397 e. The number of nitriles is 1. The molecule has 22 heavy (non-hydrogen) atoms. The Kier molecular flexibility index (Phi) is 7.54. The molecule has 1 amide bonds. The van der Waals surface area contributed by atoms with Crippen LogP contribution in [0.1, 0.15) is 45.1 Å². The van der Waals surface area contributed by atoms with Gasteiger partial charge in [-0.3, -0.25) is 4.79 Å². The number of unbranched alkanes of at least 4 members (excludes halogenated alkanes) is 2. The average Bonchev–Trinajstić information content (AvgIpc) is 2.45. The number of carbonyl (C=O) groups excluding carboxylic acids is 1. The van der Waals surface area contributed by atoms with Gasteiger partial charge in [-0.15, -0.1) is 0 Å². The third kappa shape index (κ3) is 5.82. The van der Waals surface area contributed by atoms with E-state index in [1.165, 1.54) is 24.2 Å². The summed E-state index contributed by atoms with van der Waals surface area (Å²) in [6.45, 7) is 4.15. The van der Waals surface area contributed by atoms with Crippen LogP contribution in [0.5, 0.6) is 0 Å². The maximum Gasteiger partial charge on any atom is 0.230 e. The molecule has 1 aromatic heterocycles. The van der Waals surface area contributed by atoms with Crippen molar-refractivity contribution < 1.29 is 4.79 Å². The van der Waals surface area contributed by atoms with E-state index >= 15 is 0 Å². The Morgan fingerprint density at radius 3 is 2.86 bits per heavy atom. The van der Waals surface area contributed by atoms with Crippen molar-refractivity contribution in [3.8, 4) is 6.07 Å². The minimum Gasteiger partial charge on any atom is -0.397 e. The third-order valence-corrected chi connectivity index (χ3v) is 4.11. The summed E-state index contributed by atoms with van der Waals surface area (Å²) in [7, 11) is 0. The molecular formula is C15H23N5OS. The van der Waals surface area contributed by atoms with Gasteiger partial charge in [-0.1, -0.05) is 37.9 Å². The number of pyridine rings is 1. The van der Waals surface area contributed by atoms with Crippen molar-refractivity contribution in [2.24, 2.45) is 0 Å². The fourth-order valence-electron chi connectivity index (χ4n) is 2.00. The summed E-state index contributed by atoms with van der Waals surface area (Å²) in [4.78, 5) is 16.0. The highest BCUT2D eigenvalue weighted by Crippen LogP contribution is 2.26. The monoisotopic (exact) mass is 321 g/mol. The number of nitrogens with one attached hydrogen (secondary N) is 1. The fraction of sp³-hybridized carbons (Fsp3) is 0.533. The summed E-state index contributed by atoms with van der Waals surface area (Å²) in [5, 5.41) is 12.4. The summed E-state index contributed by atoms with van der Waals surface area (Å²) < 4.78 is 0. The number of nitrogen functional groups attached to an aromatic ring is 2. The van der Waals surface area contributed by atoms with E-state index in [4.69, 9.17) is 16.7 Å². The van der Waals surface area contributed by atoms with Crippen LogP contribution in [0.25, 0.3) is 0 Å². The second-order valence-corrected chi connectivity index (χ2v) is 6.15. The first-order chi connectivity index (χ1) is 10.5. The number of rotatable bonds is 8. The zero-order valence-electron chi connectivity index (χ0n) is 13.1. The predicted octanol–water partition coefficient (Wildman–Crippen LogP) is 2.29. The van der Waals surface area contributed by atoms with E-state index in [1.807, 2.05) is 13.0 Å². The lowest BCUT2D eigenvalue weighted by atomic mass is 10.1. The second-order valence-electron chi connectivity index (χ2n) is 5.18. The Morgan fingerprint density at radius 2 is 2.23 bits per heavy atom. The van der Waals surface area contributed by atoms with Crippen LogP contribution < -0.4 is 16.8 Å². The van der Waals surface area contributed by atoms with E-state index in [0.29, 0.717) is 5.03 Å². The van der Waals surface area contributed by atoms with Gasteiger partial charge in [0.05, 0.1) is 11.4 Å². The number of hydrogen-bond acceptors (Lipinski definition) is 6. The molecule has 1 atom stereocenters. The third-order valence-electron chi connectivity index (χ3n) is 3.14. The number of amides is 1. The smallest absolute Gasteiger partial charge is 0.230 e. The Morgan fingerprint density at radius 1 is 1.50 bits per heavy atom. The van der Waals surface area contributed by atoms with Crippen molar-refractivity contribution in [2.45, 2.75) is 50.6 Å². The first kappa shape index (κ1) is 18.1. The topological polar surface area (TPSA) is 118 Å². The minimum atomic E-state index is -0.0827. The Balaban J connectivity index is 2.53. The van der Waals surface area contributed by atoms with Gasteiger partial charge in [0.2, 0.25) is 5.91 Å². The van der Waals surface area contributed by atoms with Crippen LogP contribution in [0.4, 0.5) is 11.5 Å². The van der Waals surface area contributed by atoms with E-state index in [1.54, 1.807) is 0 Å². The average molecular weight is 321 g/mol. The van der Waals surface area contributed by atoms with E-state index in [2.05, 4.69) is 17.2 Å². The molecule has 1 unspecified atom stereocenters. The molecule has 0 aromatic carbocycles. The molecule has 0 fully saturated rings. The maximum atomic E-state index is 11.9. The number of thioether (sulfide) groups is 1. The number of nitrogens with zero attached hydrogens (tertiary/aromatic N) is 2. The van der Waals surface area contributed by atoms with Crippen molar-refractivity contribution in [1.82, 2.24) is 10.3 Å². The van der Waals surface area contributed by atoms with Crippen LogP contribution in [-0.2, 0) is 4.79 Å². The number of anilines is 2. The van der Waals surface area contributed by atoms with Gasteiger partial charge in [-0.2, -0.15) is 5.26 Å². The van der Waals surface area contributed by atoms with Crippen LogP contribution in [0.3, 0.4) is 0 Å². The first-order valence-corrected chi connectivity index (χ1v) is 8.34. The minimum absolute atomic E-state index is 0.0827. The molecule has 0 saturated heterocycles. The highest BCUT2D eigenvalue weighted by Gasteiger charge is 2.13. The molecule has 1 heterocycles. The SMILES string of the molecule is CCCCCC(C)NC(=O)CSc1nc(N)cc(N)c1C#N. The summed E-state index contributed by atoms with van der Waals surface area (Å²) in [5.74, 6) is 0.343. The van der Waals surface area contributed by atoms with Gasteiger partial charge >= 0.3 is 0 Å². The number of carbonyl (C=O) groups is 1. The van der Waals surface area contributed by atoms with Gasteiger partial charge in [0, 0.05) is 12.1 Å². The number of hydrogen-bond donors (Lipinski definition) is 3. The van der Waals surface area contributed by atoms with E-state index in [0.717, 1.165) is 19.3 Å². The molecule has 0 spiro atoms. The molecule has 120 valence electrons. The Bertz CT molecular complexity index is 556. The summed E-state index contributed by atoms with van der Waals surface area (Å²) in [5.41, 5.74) is 11.9. The molecule has 0 saturated carbocycles. The predicted molar refractivity (Wildman–Crippen MR) is 90.2 cm³/mol. The van der Waals surface area contributed by atoms with E-state index in [-0.39, 0.29) is 34.8 Å². The molecular weight excluding hydrogens is 298 g/mol. The van der Waals surface area contributed by atoms with Crippen LogP contribution in [0.15, 0.2) is 11.1 Å². The lowest BCUT2D eigenvalue weighted by molar-refractivity contribution is -0.119. The normalized spacial score (nSPS) is 11.7. The second kappa shape index (κ2) is 9.15. The molecule has 0 aliphatic heterocycles. The highest BCUT2D eigenvalue weighted by atomic mass is 32.2. The van der Waals surface area contributed by atoms with Crippen molar-refractivity contribution in [2.75, 3.05) is 17.2 Å². The van der Waals surface area contributed by atoms with Crippen LogP contribution >= 0.6 is 11.8 Å². The van der Waals surface area contributed by atoms with Crippen LogP contribution in [0, 0.1) is 11.3 Å². The highest BCUT2D eigenvalue weighted by molar-refractivity contribution is 8.00. The molecule has 0 aliphatic rings. The standard InChI is InChI=1S/C15H23N5OS/c1-3-4-5-6-10(2)19-14(21)9-22-15-11(8-16)12(17)7-13(18)20-15/h7,10H,3-6,9H2,1-2H3,(H,19,21)(H4,17,18,20).